The summed E-state index contributed by atoms with van der Waals surface area (Å²) in [6.45, 7) is 5.53. The number of primary amides is 1. The van der Waals surface area contributed by atoms with Crippen molar-refractivity contribution in [2.45, 2.75) is 39.2 Å². The number of hydrogen-bond donors (Lipinski definition) is 5. The molecule has 0 spiro atoms. The molecular weight excluding hydrogens is 510 g/mol. The van der Waals surface area contributed by atoms with Gasteiger partial charge in [0.05, 0.1) is 18.5 Å². The number of hydrogen-bond acceptors (Lipinski definition) is 10. The first-order chi connectivity index (χ1) is 17.9. The second-order valence-corrected chi connectivity index (χ2v) is 10.2. The van der Waals surface area contributed by atoms with E-state index in [4.69, 9.17) is 26.7 Å². The van der Waals surface area contributed by atoms with E-state index in [1.165, 1.54) is 7.11 Å². The maximum absolute atomic E-state index is 12.7. The molecule has 0 atom stereocenters. The number of nitrogens with zero attached hydrogens (tertiary/aromatic N) is 2. The highest BCUT2D eigenvalue weighted by molar-refractivity contribution is 7.21. The third-order valence-electron chi connectivity index (χ3n) is 5.25. The number of carbonyl (C=O) groups is 3. The molecule has 0 saturated heterocycles. The van der Waals surface area contributed by atoms with Gasteiger partial charge in [-0.2, -0.15) is 5.26 Å². The van der Waals surface area contributed by atoms with Gasteiger partial charge in [0.25, 0.3) is 5.91 Å². The molecule has 3 rings (SSSR count). The number of ether oxygens (including phenoxy) is 2. The Hall–Kier alpha value is -4.57. The molecule has 0 bridgehead atoms. The molecule has 0 radical (unpaired) electrons. The van der Waals surface area contributed by atoms with Gasteiger partial charge in [0.1, 0.15) is 38.5 Å². The lowest BCUT2D eigenvalue weighted by Gasteiger charge is -2.19. The topological polar surface area (TPSA) is 208 Å². The minimum atomic E-state index is -0.725. The Bertz CT molecular complexity index is 1450. The van der Waals surface area contributed by atoms with Gasteiger partial charge >= 0.3 is 6.09 Å². The van der Waals surface area contributed by atoms with Gasteiger partial charge in [-0.15, -0.1) is 11.3 Å². The predicted octanol–water partition coefficient (Wildman–Crippen LogP) is 3.35. The number of thiophene rings is 1. The van der Waals surface area contributed by atoms with Crippen LogP contribution in [-0.4, -0.2) is 42.1 Å². The number of pyridine rings is 1. The molecule has 0 aliphatic carbocycles. The number of nitrogens with one attached hydrogen (secondary N) is 2. The van der Waals surface area contributed by atoms with E-state index in [1.807, 2.05) is 6.07 Å². The highest BCUT2D eigenvalue weighted by Crippen LogP contribution is 2.43. The zero-order chi connectivity index (χ0) is 28.2. The predicted molar refractivity (Wildman–Crippen MR) is 146 cm³/mol. The molecule has 200 valence electrons. The maximum atomic E-state index is 12.7. The molecule has 12 nitrogen and oxygen atoms in total. The van der Waals surface area contributed by atoms with Gasteiger partial charge in [0.15, 0.2) is 0 Å². The van der Waals surface area contributed by atoms with Gasteiger partial charge in [0, 0.05) is 23.9 Å². The number of anilines is 3. The van der Waals surface area contributed by atoms with Crippen molar-refractivity contribution in [3.05, 3.63) is 28.6 Å². The summed E-state index contributed by atoms with van der Waals surface area (Å²) in [5.41, 5.74) is 18.5. The molecule has 0 unspecified atom stereocenters. The fourth-order valence-electron chi connectivity index (χ4n) is 3.68. The fourth-order valence-corrected chi connectivity index (χ4v) is 4.65. The zero-order valence-electron chi connectivity index (χ0n) is 21.4. The Morgan fingerprint density at radius 2 is 1.92 bits per heavy atom. The summed E-state index contributed by atoms with van der Waals surface area (Å²) in [4.78, 5) is 41.0. The number of aromatic nitrogens is 1. The number of benzene rings is 1. The summed E-state index contributed by atoms with van der Waals surface area (Å²) < 4.78 is 10.6. The summed E-state index contributed by atoms with van der Waals surface area (Å²) in [6.07, 6.45) is -0.0803. The van der Waals surface area contributed by atoms with Gasteiger partial charge in [-0.25, -0.2) is 9.78 Å². The lowest BCUT2D eigenvalue weighted by molar-refractivity contribution is -0.116. The third kappa shape index (κ3) is 6.22. The first-order valence-corrected chi connectivity index (χ1v) is 12.3. The van der Waals surface area contributed by atoms with Crippen molar-refractivity contribution in [2.24, 2.45) is 5.73 Å². The highest BCUT2D eigenvalue weighted by Gasteiger charge is 2.24. The first kappa shape index (κ1) is 28.0. The van der Waals surface area contributed by atoms with E-state index < -0.39 is 17.6 Å². The largest absolute Gasteiger partial charge is 0.495 e. The first-order valence-electron chi connectivity index (χ1n) is 11.5. The standard InChI is InChI=1S/C25H29N7O5S/c1-25(2,3)37-24(35)30-9-5-6-16(33)31-14-10-12(7-8-15(14)36-4)17-13(11-26)21(28)32-23-18(17)19(27)20(38-23)22(29)34/h7-8,10H,5-6,9,27H2,1-4H3,(H2,28,32)(H2,29,34)(H,30,35)(H,31,33). The van der Waals surface area contributed by atoms with Crippen molar-refractivity contribution in [3.8, 4) is 22.9 Å². The number of methoxy groups -OCH3 is 1. The van der Waals surface area contributed by atoms with E-state index in [9.17, 15) is 19.6 Å². The average Bonchev–Trinajstić information content (AvgIpc) is 3.15. The number of carbonyl (C=O) groups excluding carboxylic acids is 3. The Balaban J connectivity index is 1.89. The Labute approximate surface area is 223 Å². The molecule has 3 aromatic rings. The van der Waals surface area contributed by atoms with E-state index in [0.717, 1.165) is 11.3 Å². The van der Waals surface area contributed by atoms with Crippen LogP contribution in [0, 0.1) is 11.3 Å². The van der Waals surface area contributed by atoms with Crippen LogP contribution in [0.2, 0.25) is 0 Å². The Kier molecular flexibility index (Phi) is 8.27. The average molecular weight is 540 g/mol. The molecular formula is C25H29N7O5S. The maximum Gasteiger partial charge on any atom is 0.407 e. The zero-order valence-corrected chi connectivity index (χ0v) is 22.2. The van der Waals surface area contributed by atoms with Crippen molar-refractivity contribution in [2.75, 3.05) is 30.4 Å². The van der Waals surface area contributed by atoms with Crippen LogP contribution < -0.4 is 32.6 Å². The van der Waals surface area contributed by atoms with E-state index in [1.54, 1.807) is 39.0 Å². The van der Waals surface area contributed by atoms with Crippen molar-refractivity contribution >= 4 is 56.7 Å². The van der Waals surface area contributed by atoms with Crippen molar-refractivity contribution in [3.63, 3.8) is 0 Å². The Morgan fingerprint density at radius 3 is 2.53 bits per heavy atom. The molecule has 13 heteroatoms. The van der Waals surface area contributed by atoms with E-state index in [2.05, 4.69) is 15.6 Å². The van der Waals surface area contributed by atoms with Crippen LogP contribution in [0.5, 0.6) is 5.75 Å². The molecule has 2 aromatic heterocycles. The normalized spacial score (nSPS) is 11.0. The van der Waals surface area contributed by atoms with E-state index in [-0.39, 0.29) is 40.8 Å². The molecule has 3 amide bonds. The molecule has 1 aromatic carbocycles. The second kappa shape index (κ2) is 11.2. The monoisotopic (exact) mass is 539 g/mol. The molecule has 0 saturated carbocycles. The van der Waals surface area contributed by atoms with Crippen LogP contribution in [0.15, 0.2) is 18.2 Å². The van der Waals surface area contributed by atoms with Crippen LogP contribution in [0.1, 0.15) is 48.8 Å². The van der Waals surface area contributed by atoms with Crippen molar-refractivity contribution in [1.82, 2.24) is 10.3 Å². The number of rotatable bonds is 8. The number of nitrogen functional groups attached to an aromatic ring is 2. The summed E-state index contributed by atoms with van der Waals surface area (Å²) in [5, 5.41) is 15.6. The third-order valence-corrected chi connectivity index (χ3v) is 6.37. The number of fused-ring (bicyclic) bond motifs is 1. The van der Waals surface area contributed by atoms with Gasteiger partial charge in [-0.05, 0) is 44.9 Å². The molecule has 0 fully saturated rings. The Morgan fingerprint density at radius 1 is 1.21 bits per heavy atom. The van der Waals surface area contributed by atoms with Gasteiger partial charge in [-0.1, -0.05) is 6.07 Å². The number of nitrogens with two attached hydrogens (primary N) is 3. The van der Waals surface area contributed by atoms with Gasteiger partial charge in [0.2, 0.25) is 5.91 Å². The lowest BCUT2D eigenvalue weighted by atomic mass is 9.96. The summed E-state index contributed by atoms with van der Waals surface area (Å²) in [7, 11) is 1.45. The smallest absolute Gasteiger partial charge is 0.407 e. The molecule has 0 aliphatic heterocycles. The number of amides is 3. The SMILES string of the molecule is COc1ccc(-c2c(C#N)c(N)nc3sc(C(N)=O)c(N)c23)cc1NC(=O)CCCNC(=O)OC(C)(C)C. The summed E-state index contributed by atoms with van der Waals surface area (Å²) in [5.74, 6) is -0.706. The molecule has 2 heterocycles. The minimum absolute atomic E-state index is 0.0360. The van der Waals surface area contributed by atoms with Crippen LogP contribution in [0.4, 0.5) is 22.0 Å². The van der Waals surface area contributed by atoms with E-state index >= 15 is 0 Å². The summed E-state index contributed by atoms with van der Waals surface area (Å²) in [6, 6.07) is 6.96. The highest BCUT2D eigenvalue weighted by atomic mass is 32.1. The van der Waals surface area contributed by atoms with Crippen molar-refractivity contribution in [1.29, 1.82) is 5.26 Å². The van der Waals surface area contributed by atoms with Crippen LogP contribution in [-0.2, 0) is 9.53 Å². The van der Waals surface area contributed by atoms with Crippen LogP contribution in [0.25, 0.3) is 21.3 Å². The lowest BCUT2D eigenvalue weighted by Crippen LogP contribution is -2.33. The molecule has 0 aliphatic rings. The number of nitriles is 1. The fraction of sp³-hybridized carbons (Fsp3) is 0.320. The summed E-state index contributed by atoms with van der Waals surface area (Å²) >= 11 is 0.979. The molecule has 38 heavy (non-hydrogen) atoms. The van der Waals surface area contributed by atoms with Gasteiger partial charge in [-0.3, -0.25) is 9.59 Å². The van der Waals surface area contributed by atoms with Gasteiger partial charge < -0.3 is 37.3 Å². The number of alkyl carbamates (subject to hydrolysis) is 1. The minimum Gasteiger partial charge on any atom is -0.495 e. The van der Waals surface area contributed by atoms with E-state index in [0.29, 0.717) is 39.2 Å². The second-order valence-electron chi connectivity index (χ2n) is 9.24. The molecule has 8 N–H and O–H groups in total. The van der Waals surface area contributed by atoms with Crippen LogP contribution in [0.3, 0.4) is 0 Å². The van der Waals surface area contributed by atoms with Crippen LogP contribution >= 0.6 is 11.3 Å². The quantitative estimate of drug-likeness (QED) is 0.265. The van der Waals surface area contributed by atoms with Crippen molar-refractivity contribution < 1.29 is 23.9 Å².